The number of aliphatic hydroxyl groups excluding tert-OH is 1. The molecule has 1 N–H and O–H groups in total. The normalized spacial score (nSPS) is 14.5. The smallest absolute Gasteiger partial charge is 0.269 e. The van der Waals surface area contributed by atoms with Gasteiger partial charge in [-0.1, -0.05) is 38.1 Å². The summed E-state index contributed by atoms with van der Waals surface area (Å²) in [5, 5.41) is 14.5. The second-order valence-corrected chi connectivity index (χ2v) is 7.26. The van der Waals surface area contributed by atoms with Crippen molar-refractivity contribution in [1.29, 1.82) is 0 Å². The van der Waals surface area contributed by atoms with Gasteiger partial charge in [-0.05, 0) is 12.5 Å². The van der Waals surface area contributed by atoms with E-state index in [0.29, 0.717) is 9.87 Å². The van der Waals surface area contributed by atoms with E-state index in [-0.39, 0.29) is 57.1 Å². The van der Waals surface area contributed by atoms with Gasteiger partial charge in [0, 0.05) is 51.5 Å². The van der Waals surface area contributed by atoms with Gasteiger partial charge in [0.25, 0.3) is 16.4 Å². The van der Waals surface area contributed by atoms with Gasteiger partial charge in [-0.3, -0.25) is 8.99 Å². The molecule has 2 heterocycles. The SMILES string of the molecule is CC.Cc1ccccc1C1=C(O)c2nn(C)cc2N(CC(F)F)S1(=O)=O.[CH3-].[Y]. The molecule has 0 fully saturated rings. The van der Waals surface area contributed by atoms with Gasteiger partial charge in [0.15, 0.2) is 11.5 Å². The minimum Gasteiger partial charge on any atom is -0.504 e. The van der Waals surface area contributed by atoms with Crippen LogP contribution in [0.25, 0.3) is 10.7 Å². The van der Waals surface area contributed by atoms with Crippen molar-refractivity contribution >= 4 is 26.4 Å². The van der Waals surface area contributed by atoms with Gasteiger partial charge in [0.2, 0.25) is 0 Å². The van der Waals surface area contributed by atoms with Gasteiger partial charge in [-0.25, -0.2) is 17.2 Å². The topological polar surface area (TPSA) is 75.4 Å². The Morgan fingerprint density at radius 1 is 1.21 bits per heavy atom. The Labute approximate surface area is 190 Å². The van der Waals surface area contributed by atoms with Gasteiger partial charge >= 0.3 is 0 Å². The van der Waals surface area contributed by atoms with E-state index in [4.69, 9.17) is 0 Å². The Morgan fingerprint density at radius 3 is 2.32 bits per heavy atom. The van der Waals surface area contributed by atoms with Crippen LogP contribution in [0.3, 0.4) is 0 Å². The second kappa shape index (κ2) is 10.5. The van der Waals surface area contributed by atoms with Crippen molar-refractivity contribution in [2.24, 2.45) is 7.05 Å². The number of hydrogen-bond acceptors (Lipinski definition) is 4. The van der Waals surface area contributed by atoms with Crippen LogP contribution in [0.15, 0.2) is 30.5 Å². The molecule has 0 atom stereocenters. The van der Waals surface area contributed by atoms with E-state index in [1.807, 2.05) is 13.8 Å². The first-order valence-electron chi connectivity index (χ1n) is 8.07. The number of rotatable bonds is 3. The molecule has 153 valence electrons. The van der Waals surface area contributed by atoms with E-state index in [1.165, 1.54) is 24.0 Å². The fourth-order valence-electron chi connectivity index (χ4n) is 2.71. The van der Waals surface area contributed by atoms with Gasteiger partial charge in [-0.15, -0.1) is 0 Å². The number of halogens is 2. The maximum Gasteiger partial charge on any atom is 0.269 e. The van der Waals surface area contributed by atoms with Gasteiger partial charge in [0.1, 0.15) is 10.6 Å². The molecule has 10 heteroatoms. The fourth-order valence-corrected chi connectivity index (χ4v) is 4.48. The van der Waals surface area contributed by atoms with Crippen LogP contribution in [0.4, 0.5) is 14.5 Å². The molecule has 2 aromatic rings. The van der Waals surface area contributed by atoms with Crippen molar-refractivity contribution in [3.63, 3.8) is 0 Å². The first-order chi connectivity index (χ1) is 12.2. The number of anilines is 1. The number of sulfonamides is 1. The molecule has 1 aliphatic heterocycles. The zero-order chi connectivity index (χ0) is 19.6. The van der Waals surface area contributed by atoms with Crippen LogP contribution in [0.5, 0.6) is 0 Å². The van der Waals surface area contributed by atoms with Crippen LogP contribution < -0.4 is 4.31 Å². The van der Waals surface area contributed by atoms with Crippen molar-refractivity contribution in [2.45, 2.75) is 27.2 Å². The van der Waals surface area contributed by atoms with Crippen LogP contribution in [-0.4, -0.2) is 36.3 Å². The fraction of sp³-hybridized carbons (Fsp3) is 0.333. The number of aliphatic hydroxyl groups is 1. The summed E-state index contributed by atoms with van der Waals surface area (Å²) in [7, 11) is -2.83. The van der Waals surface area contributed by atoms with E-state index < -0.39 is 33.7 Å². The summed E-state index contributed by atoms with van der Waals surface area (Å²) < 4.78 is 53.6. The molecular formula is C18H24F2N3O3SY-. The van der Waals surface area contributed by atoms with Crippen molar-refractivity contribution < 1.29 is 55.0 Å². The number of alkyl halides is 2. The summed E-state index contributed by atoms with van der Waals surface area (Å²) in [4.78, 5) is -0.410. The first-order valence-corrected chi connectivity index (χ1v) is 9.51. The van der Waals surface area contributed by atoms with Crippen LogP contribution in [0.2, 0.25) is 0 Å². The predicted molar refractivity (Wildman–Crippen MR) is 104 cm³/mol. The molecule has 0 saturated carbocycles. The summed E-state index contributed by atoms with van der Waals surface area (Å²) in [5.41, 5.74) is 0.753. The molecule has 0 spiro atoms. The van der Waals surface area contributed by atoms with E-state index in [1.54, 1.807) is 25.1 Å². The van der Waals surface area contributed by atoms with Gasteiger partial charge < -0.3 is 12.5 Å². The molecule has 0 aliphatic carbocycles. The molecule has 1 aromatic heterocycles. The number of aryl methyl sites for hydroxylation is 2. The summed E-state index contributed by atoms with van der Waals surface area (Å²) in [5.74, 6) is -0.537. The van der Waals surface area contributed by atoms with Gasteiger partial charge in [-0.2, -0.15) is 5.10 Å². The maximum absolute atomic E-state index is 13.0. The van der Waals surface area contributed by atoms with E-state index >= 15 is 0 Å². The minimum atomic E-state index is -4.35. The number of hydrogen-bond donors (Lipinski definition) is 1. The Morgan fingerprint density at radius 2 is 1.79 bits per heavy atom. The second-order valence-electron chi connectivity index (χ2n) is 5.46. The molecule has 0 unspecified atom stereocenters. The summed E-state index contributed by atoms with van der Waals surface area (Å²) in [6.07, 6.45) is -1.58. The van der Waals surface area contributed by atoms with Crippen molar-refractivity contribution in [2.75, 3.05) is 10.8 Å². The standard InChI is InChI=1S/C15H15F2N3O3S.C2H6.CH3.Y/c1-9-5-3-4-6-10(9)15-14(21)13-11(7-19(2)18-13)20(8-12(16)17)24(15,22)23;1-2;;/h3-7,12,21H,8H2,1-2H3;1-2H3;1H3;/q;;-1;. The zero-order valence-electron chi connectivity index (χ0n) is 16.5. The molecule has 1 aromatic carbocycles. The number of benzene rings is 1. The third-order valence-electron chi connectivity index (χ3n) is 3.76. The Hall–Kier alpha value is -1.32. The predicted octanol–water partition coefficient (Wildman–Crippen LogP) is 4.00. The summed E-state index contributed by atoms with van der Waals surface area (Å²) >= 11 is 0. The average molecular weight is 489 g/mol. The molecule has 1 radical (unpaired) electrons. The van der Waals surface area contributed by atoms with Crippen LogP contribution in [0, 0.1) is 14.4 Å². The average Bonchev–Trinajstić information content (AvgIpc) is 2.97. The van der Waals surface area contributed by atoms with Gasteiger partial charge in [0.05, 0.1) is 6.54 Å². The molecule has 0 saturated heterocycles. The molecule has 3 rings (SSSR count). The number of nitrogens with zero attached hydrogens (tertiary/aromatic N) is 3. The van der Waals surface area contributed by atoms with Crippen LogP contribution in [0.1, 0.15) is 30.7 Å². The first kappa shape index (κ1) is 26.7. The molecule has 0 amide bonds. The van der Waals surface area contributed by atoms with Crippen molar-refractivity contribution in [1.82, 2.24) is 9.78 Å². The third-order valence-corrected chi connectivity index (χ3v) is 5.61. The van der Waals surface area contributed by atoms with Crippen molar-refractivity contribution in [3.05, 3.63) is 54.7 Å². The Bertz CT molecular complexity index is 943. The monoisotopic (exact) mass is 489 g/mol. The summed E-state index contributed by atoms with van der Waals surface area (Å²) in [6, 6.07) is 6.53. The van der Waals surface area contributed by atoms with E-state index in [0.717, 1.165) is 0 Å². The molecule has 6 nitrogen and oxygen atoms in total. The molecule has 28 heavy (non-hydrogen) atoms. The number of fused-ring (bicyclic) bond motifs is 1. The Kier molecular flexibility index (Phi) is 9.97. The van der Waals surface area contributed by atoms with Crippen molar-refractivity contribution in [3.8, 4) is 0 Å². The quantitative estimate of drug-likeness (QED) is 0.662. The number of aromatic nitrogens is 2. The maximum atomic E-state index is 13.0. The van der Waals surface area contributed by atoms with Crippen LogP contribution in [-0.2, 0) is 49.8 Å². The minimum absolute atomic E-state index is 0. The molecular weight excluding hydrogens is 465 g/mol. The molecule has 1 aliphatic rings. The largest absolute Gasteiger partial charge is 0.504 e. The summed E-state index contributed by atoms with van der Waals surface area (Å²) in [6.45, 7) is 4.67. The zero-order valence-corrected chi connectivity index (χ0v) is 20.2. The van der Waals surface area contributed by atoms with E-state index in [9.17, 15) is 22.3 Å². The van der Waals surface area contributed by atoms with Crippen LogP contribution >= 0.6 is 0 Å². The third kappa shape index (κ3) is 4.80. The van der Waals surface area contributed by atoms with E-state index in [2.05, 4.69) is 5.10 Å². The Balaban J connectivity index is 0.00000177. The molecule has 0 bridgehead atoms.